The van der Waals surface area contributed by atoms with Crippen molar-refractivity contribution in [3.63, 3.8) is 0 Å². The van der Waals surface area contributed by atoms with Crippen molar-refractivity contribution in [2.24, 2.45) is 0 Å². The van der Waals surface area contributed by atoms with Gasteiger partial charge in [-0.15, -0.1) is 11.3 Å². The van der Waals surface area contributed by atoms with Gasteiger partial charge in [0.15, 0.2) is 0 Å². The summed E-state index contributed by atoms with van der Waals surface area (Å²) in [7, 11) is 0. The van der Waals surface area contributed by atoms with Crippen LogP contribution in [0.1, 0.15) is 17.7 Å². The molecule has 5 heterocycles. The molecule has 45 heavy (non-hydrogen) atoms. The maximum absolute atomic E-state index is 5.35. The third kappa shape index (κ3) is 3.63. The first-order valence-corrected chi connectivity index (χ1v) is 16.1. The van der Waals surface area contributed by atoms with E-state index in [1.807, 2.05) is 24.5 Å². The van der Waals surface area contributed by atoms with Crippen molar-refractivity contribution in [2.45, 2.75) is 12.8 Å². The molecule has 1 aliphatic rings. The highest BCUT2D eigenvalue weighted by atomic mass is 32.1. The average Bonchev–Trinajstić information content (AvgIpc) is 3.77. The third-order valence-electron chi connectivity index (χ3n) is 9.15. The van der Waals surface area contributed by atoms with Gasteiger partial charge in [0.1, 0.15) is 0 Å². The number of hydrogen-bond donors (Lipinski definition) is 1. The van der Waals surface area contributed by atoms with E-state index < -0.39 is 0 Å². The van der Waals surface area contributed by atoms with Crippen molar-refractivity contribution in [3.8, 4) is 28.3 Å². The Kier molecular flexibility index (Phi) is 5.21. The lowest BCUT2D eigenvalue weighted by molar-refractivity contribution is 0.853. The van der Waals surface area contributed by atoms with Crippen molar-refractivity contribution in [1.29, 1.82) is 0 Å². The van der Waals surface area contributed by atoms with Crippen molar-refractivity contribution in [3.05, 3.63) is 127 Å². The number of para-hydroxylation sites is 2. The van der Waals surface area contributed by atoms with Gasteiger partial charge < -0.3 is 4.98 Å². The Morgan fingerprint density at radius 2 is 1.58 bits per heavy atom. The molecule has 0 saturated heterocycles. The van der Waals surface area contributed by atoms with Gasteiger partial charge in [-0.1, -0.05) is 72.8 Å². The molecule has 1 N–H and O–H groups in total. The van der Waals surface area contributed by atoms with Crippen molar-refractivity contribution < 1.29 is 0 Å². The maximum atomic E-state index is 5.35. The summed E-state index contributed by atoms with van der Waals surface area (Å²) in [4.78, 5) is 18.6. The minimum absolute atomic E-state index is 0.717. The zero-order valence-corrected chi connectivity index (χ0v) is 25.0. The molecule has 0 saturated carbocycles. The first-order valence-electron chi connectivity index (χ1n) is 15.3. The van der Waals surface area contributed by atoms with Gasteiger partial charge in [-0.2, -0.15) is 0 Å². The van der Waals surface area contributed by atoms with Crippen LogP contribution < -0.4 is 0 Å². The summed E-state index contributed by atoms with van der Waals surface area (Å²) in [5.41, 5.74) is 11.4. The molecule has 10 rings (SSSR count). The zero-order valence-electron chi connectivity index (χ0n) is 24.2. The molecule has 6 heteroatoms. The summed E-state index contributed by atoms with van der Waals surface area (Å²) < 4.78 is 4.57. The average molecular weight is 596 g/mol. The lowest BCUT2D eigenvalue weighted by atomic mass is 9.99. The quantitative estimate of drug-likeness (QED) is 0.221. The van der Waals surface area contributed by atoms with Crippen LogP contribution in [0.3, 0.4) is 0 Å². The number of pyridine rings is 1. The molecule has 5 aromatic heterocycles. The summed E-state index contributed by atoms with van der Waals surface area (Å²) in [5, 5.41) is 4.89. The number of aromatic amines is 1. The number of hydrogen-bond acceptors (Lipinski definition) is 4. The van der Waals surface area contributed by atoms with E-state index in [0.717, 1.165) is 62.2 Å². The van der Waals surface area contributed by atoms with Crippen LogP contribution in [-0.2, 0) is 6.42 Å². The first kappa shape index (κ1) is 24.8. The van der Waals surface area contributed by atoms with Gasteiger partial charge in [0.25, 0.3) is 0 Å². The Bertz CT molecular complexity index is 2660. The van der Waals surface area contributed by atoms with Gasteiger partial charge >= 0.3 is 0 Å². The van der Waals surface area contributed by atoms with Gasteiger partial charge in [0, 0.05) is 66.5 Å². The molecule has 212 valence electrons. The van der Waals surface area contributed by atoms with Crippen molar-refractivity contribution >= 4 is 70.4 Å². The minimum Gasteiger partial charge on any atom is -0.354 e. The lowest BCUT2D eigenvalue weighted by Crippen LogP contribution is -2.08. The molecule has 4 aromatic carbocycles. The van der Waals surface area contributed by atoms with Crippen molar-refractivity contribution in [2.75, 3.05) is 0 Å². The second-order valence-electron chi connectivity index (χ2n) is 11.7. The number of fused-ring (bicyclic) bond motifs is 9. The van der Waals surface area contributed by atoms with Crippen LogP contribution in [0.15, 0.2) is 116 Å². The monoisotopic (exact) mass is 595 g/mol. The Balaban J connectivity index is 1.25. The molecular weight excluding hydrogens is 571 g/mol. The van der Waals surface area contributed by atoms with Crippen LogP contribution in [0.2, 0.25) is 0 Å². The molecule has 0 amide bonds. The SMILES string of the molecule is C1=Cc2c(n(-c3nc(-c4ccncc4)c4sc5cc(-c6cccc7[nH]c8ccccc8c67)ccc5c4n3)c3ccccc23)CC1. The molecule has 1 aliphatic carbocycles. The molecule has 9 aromatic rings. The molecule has 0 aliphatic heterocycles. The smallest absolute Gasteiger partial charge is 0.235 e. The number of benzene rings is 4. The fourth-order valence-electron chi connectivity index (χ4n) is 7.15. The van der Waals surface area contributed by atoms with E-state index in [9.17, 15) is 0 Å². The van der Waals surface area contributed by atoms with Crippen LogP contribution in [0.5, 0.6) is 0 Å². The van der Waals surface area contributed by atoms with Gasteiger partial charge in [0.05, 0.1) is 21.4 Å². The van der Waals surface area contributed by atoms with E-state index in [1.165, 1.54) is 43.2 Å². The first-order chi connectivity index (χ1) is 22.3. The van der Waals surface area contributed by atoms with Crippen molar-refractivity contribution in [1.82, 2.24) is 24.5 Å². The minimum atomic E-state index is 0.717. The summed E-state index contributed by atoms with van der Waals surface area (Å²) >= 11 is 1.77. The van der Waals surface area contributed by atoms with Crippen LogP contribution in [0.4, 0.5) is 0 Å². The standard InChI is InChI=1S/C39H25N5S/c1-4-12-30-28(10-1)35-25(11-7-13-31(35)41-30)24-16-17-29-34(22-24)45-38-36(23-18-20-40-21-19-23)42-39(43-37(29)38)44-32-14-5-2-8-26(32)27-9-3-6-15-33(27)44/h1-5,7-14,16-22,41H,6,15H2. The van der Waals surface area contributed by atoms with Gasteiger partial charge in [0.2, 0.25) is 5.95 Å². The Morgan fingerprint density at radius 3 is 2.51 bits per heavy atom. The second-order valence-corrected chi connectivity index (χ2v) is 12.7. The number of nitrogens with zero attached hydrogens (tertiary/aromatic N) is 4. The third-order valence-corrected chi connectivity index (χ3v) is 10.3. The molecule has 5 nitrogen and oxygen atoms in total. The highest BCUT2D eigenvalue weighted by molar-refractivity contribution is 7.26. The molecule has 0 atom stereocenters. The Hall–Kier alpha value is -5.59. The molecule has 0 fully saturated rings. The van der Waals surface area contributed by atoms with Gasteiger partial charge in [-0.25, -0.2) is 9.97 Å². The second kappa shape index (κ2) is 9.45. The Labute approximate surface area is 262 Å². The summed E-state index contributed by atoms with van der Waals surface area (Å²) in [6, 6.07) is 34.6. The molecular formula is C39H25N5S. The zero-order chi connectivity index (χ0) is 29.5. The number of rotatable bonds is 3. The van der Waals surface area contributed by atoms with Crippen LogP contribution in [0, 0.1) is 0 Å². The predicted octanol–water partition coefficient (Wildman–Crippen LogP) is 10.1. The van der Waals surface area contributed by atoms with Crippen LogP contribution >= 0.6 is 11.3 Å². The fraction of sp³-hybridized carbons (Fsp3) is 0.0513. The topological polar surface area (TPSA) is 59.4 Å². The number of nitrogens with one attached hydrogen (secondary N) is 1. The number of aromatic nitrogens is 5. The highest BCUT2D eigenvalue weighted by Gasteiger charge is 2.23. The highest BCUT2D eigenvalue weighted by Crippen LogP contribution is 2.43. The Morgan fingerprint density at radius 1 is 0.733 bits per heavy atom. The van der Waals surface area contributed by atoms with E-state index >= 15 is 0 Å². The number of thiophene rings is 1. The maximum Gasteiger partial charge on any atom is 0.235 e. The predicted molar refractivity (Wildman–Crippen MR) is 187 cm³/mol. The lowest BCUT2D eigenvalue weighted by Gasteiger charge is -2.13. The van der Waals surface area contributed by atoms with E-state index in [2.05, 4.69) is 112 Å². The summed E-state index contributed by atoms with van der Waals surface area (Å²) in [5.74, 6) is 0.717. The number of H-pyrrole nitrogens is 1. The van der Waals surface area contributed by atoms with Gasteiger partial charge in [-0.05, 0) is 60.4 Å². The van der Waals surface area contributed by atoms with E-state index in [4.69, 9.17) is 9.97 Å². The van der Waals surface area contributed by atoms with Crippen LogP contribution in [0.25, 0.3) is 87.4 Å². The normalized spacial score (nSPS) is 13.1. The summed E-state index contributed by atoms with van der Waals surface area (Å²) in [6.07, 6.45) is 10.2. The molecule has 0 unspecified atom stereocenters. The molecule has 0 radical (unpaired) electrons. The molecule has 0 spiro atoms. The fourth-order valence-corrected chi connectivity index (χ4v) is 8.34. The molecule has 0 bridgehead atoms. The van der Waals surface area contributed by atoms with E-state index in [1.54, 1.807) is 11.3 Å². The largest absolute Gasteiger partial charge is 0.354 e. The number of allylic oxidation sites excluding steroid dienone is 1. The van der Waals surface area contributed by atoms with E-state index in [0.29, 0.717) is 0 Å². The summed E-state index contributed by atoms with van der Waals surface area (Å²) in [6.45, 7) is 0. The van der Waals surface area contributed by atoms with Crippen LogP contribution in [-0.4, -0.2) is 24.5 Å². The van der Waals surface area contributed by atoms with E-state index in [-0.39, 0.29) is 0 Å². The van der Waals surface area contributed by atoms with Gasteiger partial charge in [-0.3, -0.25) is 9.55 Å².